The fourth-order valence-electron chi connectivity index (χ4n) is 2.26. The Hall–Kier alpha value is -2.66. The van der Waals surface area contributed by atoms with Gasteiger partial charge in [-0.15, -0.1) is 5.10 Å². The van der Waals surface area contributed by atoms with Crippen LogP contribution in [0.2, 0.25) is 0 Å². The van der Waals surface area contributed by atoms with E-state index in [1.54, 1.807) is 6.20 Å². The molecule has 0 saturated carbocycles. The molecule has 0 amide bonds. The molecule has 1 aromatic heterocycles. The maximum absolute atomic E-state index is 8.12. The second kappa shape index (κ2) is 7.81. The fraction of sp³-hybridized carbons (Fsp3) is 0.357. The average molecular weight is 288 g/mol. The number of aromatic amines is 1. The SMILES string of the molecule is O=C=O.c1cc(Oc2cn[nH]n2)cc(N2CCCCC2)c1. The minimum atomic E-state index is 0.250. The van der Waals surface area contributed by atoms with Gasteiger partial charge in [0.15, 0.2) is 0 Å². The zero-order valence-corrected chi connectivity index (χ0v) is 11.5. The van der Waals surface area contributed by atoms with Crippen LogP contribution in [0.5, 0.6) is 11.6 Å². The maximum atomic E-state index is 8.12. The normalized spacial score (nSPS) is 13.8. The van der Waals surface area contributed by atoms with Crippen LogP contribution in [-0.4, -0.2) is 34.7 Å². The van der Waals surface area contributed by atoms with Gasteiger partial charge in [-0.25, -0.2) is 0 Å². The molecule has 1 fully saturated rings. The van der Waals surface area contributed by atoms with Gasteiger partial charge in [0.1, 0.15) is 11.9 Å². The van der Waals surface area contributed by atoms with E-state index in [1.807, 2.05) is 12.1 Å². The van der Waals surface area contributed by atoms with Gasteiger partial charge in [0, 0.05) is 24.8 Å². The first kappa shape index (κ1) is 14.7. The van der Waals surface area contributed by atoms with Crippen LogP contribution in [-0.2, 0) is 9.59 Å². The molecule has 1 saturated heterocycles. The third kappa shape index (κ3) is 4.43. The summed E-state index contributed by atoms with van der Waals surface area (Å²) in [6.45, 7) is 2.26. The number of rotatable bonds is 3. The molecular weight excluding hydrogens is 272 g/mol. The molecule has 0 unspecified atom stereocenters. The lowest BCUT2D eigenvalue weighted by Gasteiger charge is -2.28. The van der Waals surface area contributed by atoms with Crippen LogP contribution in [0.1, 0.15) is 19.3 Å². The molecule has 2 heterocycles. The minimum absolute atomic E-state index is 0.250. The molecule has 21 heavy (non-hydrogen) atoms. The first-order chi connectivity index (χ1) is 10.3. The number of piperidine rings is 1. The molecule has 3 rings (SSSR count). The number of hydrogen-bond donors (Lipinski definition) is 1. The summed E-state index contributed by atoms with van der Waals surface area (Å²) in [4.78, 5) is 18.7. The Morgan fingerprint density at radius 1 is 1.19 bits per heavy atom. The molecule has 0 bridgehead atoms. The van der Waals surface area contributed by atoms with E-state index in [1.165, 1.54) is 24.9 Å². The molecule has 7 nitrogen and oxygen atoms in total. The van der Waals surface area contributed by atoms with Gasteiger partial charge in [-0.2, -0.15) is 19.9 Å². The Bertz CT molecular complexity index is 574. The van der Waals surface area contributed by atoms with Gasteiger partial charge in [-0.1, -0.05) is 6.07 Å². The number of carbonyl (C=O) groups excluding carboxylic acids is 2. The van der Waals surface area contributed by atoms with E-state index in [0.29, 0.717) is 5.88 Å². The van der Waals surface area contributed by atoms with Crippen molar-refractivity contribution in [2.75, 3.05) is 18.0 Å². The number of aromatic nitrogens is 3. The van der Waals surface area contributed by atoms with Gasteiger partial charge in [-0.05, 0) is 31.4 Å². The first-order valence-corrected chi connectivity index (χ1v) is 6.71. The van der Waals surface area contributed by atoms with Crippen molar-refractivity contribution >= 4 is 11.8 Å². The Labute approximate surface area is 121 Å². The van der Waals surface area contributed by atoms with E-state index in [0.717, 1.165) is 18.8 Å². The van der Waals surface area contributed by atoms with Crippen molar-refractivity contribution in [3.05, 3.63) is 30.5 Å². The molecule has 1 aromatic carbocycles. The molecule has 7 heteroatoms. The highest BCUT2D eigenvalue weighted by molar-refractivity contribution is 5.51. The number of nitrogens with one attached hydrogen (secondary N) is 1. The largest absolute Gasteiger partial charge is 0.436 e. The number of ether oxygens (including phenoxy) is 1. The van der Waals surface area contributed by atoms with Gasteiger partial charge in [0.05, 0.1) is 0 Å². The van der Waals surface area contributed by atoms with Crippen LogP contribution in [0.25, 0.3) is 0 Å². The van der Waals surface area contributed by atoms with E-state index in [-0.39, 0.29) is 6.15 Å². The molecule has 110 valence electrons. The zero-order valence-electron chi connectivity index (χ0n) is 11.5. The Morgan fingerprint density at radius 3 is 2.62 bits per heavy atom. The van der Waals surface area contributed by atoms with Gasteiger partial charge in [0.25, 0.3) is 5.88 Å². The maximum Gasteiger partial charge on any atom is 0.373 e. The summed E-state index contributed by atoms with van der Waals surface area (Å²) < 4.78 is 5.62. The number of hydrogen-bond acceptors (Lipinski definition) is 6. The topological polar surface area (TPSA) is 88.2 Å². The number of benzene rings is 1. The Morgan fingerprint density at radius 2 is 1.95 bits per heavy atom. The third-order valence-electron chi connectivity index (χ3n) is 3.15. The van der Waals surface area contributed by atoms with Crippen molar-refractivity contribution in [1.29, 1.82) is 0 Å². The van der Waals surface area contributed by atoms with Crippen molar-refractivity contribution in [3.63, 3.8) is 0 Å². The van der Waals surface area contributed by atoms with Crippen molar-refractivity contribution in [2.45, 2.75) is 19.3 Å². The van der Waals surface area contributed by atoms with E-state index in [4.69, 9.17) is 14.3 Å². The summed E-state index contributed by atoms with van der Waals surface area (Å²) in [6.07, 6.45) is 5.70. The monoisotopic (exact) mass is 288 g/mol. The quantitative estimate of drug-likeness (QED) is 0.929. The molecule has 0 atom stereocenters. The van der Waals surface area contributed by atoms with Crippen LogP contribution >= 0.6 is 0 Å². The minimum Gasteiger partial charge on any atom is -0.436 e. The lowest BCUT2D eigenvalue weighted by molar-refractivity contribution is -0.191. The fourth-order valence-corrected chi connectivity index (χ4v) is 2.26. The van der Waals surface area contributed by atoms with Crippen LogP contribution in [0, 0.1) is 0 Å². The molecular formula is C14H16N4O3. The van der Waals surface area contributed by atoms with Crippen molar-refractivity contribution < 1.29 is 14.3 Å². The first-order valence-electron chi connectivity index (χ1n) is 6.71. The zero-order chi connectivity index (χ0) is 14.9. The smallest absolute Gasteiger partial charge is 0.373 e. The van der Waals surface area contributed by atoms with E-state index >= 15 is 0 Å². The summed E-state index contributed by atoms with van der Waals surface area (Å²) in [5.41, 5.74) is 1.22. The summed E-state index contributed by atoms with van der Waals surface area (Å²) in [7, 11) is 0. The van der Waals surface area contributed by atoms with Gasteiger partial charge < -0.3 is 9.64 Å². The Kier molecular flexibility index (Phi) is 5.49. The summed E-state index contributed by atoms with van der Waals surface area (Å²) in [5.74, 6) is 1.29. The standard InChI is InChI=1S/C13H16N4O.CO2/c1-2-7-17(8-3-1)11-5-4-6-12(9-11)18-13-10-14-16-15-13;2-1-3/h4-6,9-10H,1-3,7-8H2,(H,14,15,16);. The Balaban J connectivity index is 0.000000497. The average Bonchev–Trinajstić information content (AvgIpc) is 3.02. The van der Waals surface area contributed by atoms with Crippen molar-refractivity contribution in [2.24, 2.45) is 0 Å². The highest BCUT2D eigenvalue weighted by Crippen LogP contribution is 2.26. The van der Waals surface area contributed by atoms with Crippen molar-refractivity contribution in [3.8, 4) is 11.6 Å². The summed E-state index contributed by atoms with van der Waals surface area (Å²) in [5, 5.41) is 10.1. The number of anilines is 1. The van der Waals surface area contributed by atoms with E-state index in [9.17, 15) is 0 Å². The molecule has 1 N–H and O–H groups in total. The lowest BCUT2D eigenvalue weighted by Crippen LogP contribution is -2.29. The third-order valence-corrected chi connectivity index (χ3v) is 3.15. The molecule has 0 spiro atoms. The second-order valence-corrected chi connectivity index (χ2v) is 4.54. The predicted octanol–water partition coefficient (Wildman–Crippen LogP) is 2.00. The molecule has 2 aromatic rings. The van der Waals surface area contributed by atoms with E-state index < -0.39 is 0 Å². The van der Waals surface area contributed by atoms with Gasteiger partial charge in [0.2, 0.25) is 0 Å². The van der Waals surface area contributed by atoms with Crippen LogP contribution in [0.15, 0.2) is 30.5 Å². The predicted molar refractivity (Wildman–Crippen MR) is 74.0 cm³/mol. The molecule has 1 aliphatic heterocycles. The van der Waals surface area contributed by atoms with Crippen LogP contribution < -0.4 is 9.64 Å². The van der Waals surface area contributed by atoms with Crippen LogP contribution in [0.4, 0.5) is 5.69 Å². The van der Waals surface area contributed by atoms with E-state index in [2.05, 4.69) is 32.4 Å². The van der Waals surface area contributed by atoms with Crippen LogP contribution in [0.3, 0.4) is 0 Å². The highest BCUT2D eigenvalue weighted by Gasteiger charge is 2.11. The highest BCUT2D eigenvalue weighted by atomic mass is 16.5. The summed E-state index contributed by atoms with van der Waals surface area (Å²) in [6, 6.07) is 8.13. The van der Waals surface area contributed by atoms with Crippen molar-refractivity contribution in [1.82, 2.24) is 15.4 Å². The number of H-pyrrole nitrogens is 1. The summed E-state index contributed by atoms with van der Waals surface area (Å²) >= 11 is 0. The second-order valence-electron chi connectivity index (χ2n) is 4.54. The number of nitrogens with zero attached hydrogens (tertiary/aromatic N) is 3. The molecule has 0 radical (unpaired) electrons. The molecule has 0 aliphatic carbocycles. The van der Waals surface area contributed by atoms with Gasteiger partial charge in [-0.3, -0.25) is 0 Å². The molecule has 1 aliphatic rings. The lowest BCUT2D eigenvalue weighted by atomic mass is 10.1. The van der Waals surface area contributed by atoms with Gasteiger partial charge >= 0.3 is 6.15 Å².